The number of aromatic nitrogens is 2. The van der Waals surface area contributed by atoms with Crippen molar-refractivity contribution in [2.45, 2.75) is 19.3 Å². The number of anilines is 2. The summed E-state index contributed by atoms with van der Waals surface area (Å²) in [7, 11) is 0. The molecule has 1 aliphatic rings. The van der Waals surface area contributed by atoms with E-state index in [1.54, 1.807) is 24.3 Å². The molecule has 5 rings (SSSR count). The van der Waals surface area contributed by atoms with Crippen LogP contribution in [0, 0.1) is 0 Å². The summed E-state index contributed by atoms with van der Waals surface area (Å²) in [5.74, 6) is 1.68. The van der Waals surface area contributed by atoms with Crippen molar-refractivity contribution < 1.29 is 14.9 Å². The van der Waals surface area contributed by atoms with E-state index in [1.165, 1.54) is 32.4 Å². The first-order chi connectivity index (χ1) is 17.6. The molecule has 4 aromatic rings. The van der Waals surface area contributed by atoms with Crippen molar-refractivity contribution in [2.24, 2.45) is 0 Å². The lowest BCUT2D eigenvalue weighted by Gasteiger charge is -2.26. The molecule has 0 saturated carbocycles. The number of hydrogen-bond donors (Lipinski definition) is 3. The van der Waals surface area contributed by atoms with E-state index in [1.807, 2.05) is 54.6 Å². The van der Waals surface area contributed by atoms with Gasteiger partial charge in [-0.3, -0.25) is 4.90 Å². The Labute approximate surface area is 211 Å². The van der Waals surface area contributed by atoms with Crippen molar-refractivity contribution in [3.8, 4) is 39.8 Å². The van der Waals surface area contributed by atoms with Crippen LogP contribution >= 0.6 is 0 Å². The van der Waals surface area contributed by atoms with Crippen molar-refractivity contribution in [3.63, 3.8) is 0 Å². The van der Waals surface area contributed by atoms with E-state index in [4.69, 9.17) is 14.7 Å². The summed E-state index contributed by atoms with van der Waals surface area (Å²) in [6.45, 7) is 3.97. The van der Waals surface area contributed by atoms with Crippen LogP contribution in [0.4, 0.5) is 11.6 Å². The topological polar surface area (TPSA) is 90.7 Å². The molecule has 0 unspecified atom stereocenters. The van der Waals surface area contributed by atoms with Crippen molar-refractivity contribution in [2.75, 3.05) is 31.6 Å². The Bertz CT molecular complexity index is 1210. The Kier molecular flexibility index (Phi) is 7.28. The minimum absolute atomic E-state index is 0.197. The minimum Gasteiger partial charge on any atom is -0.508 e. The van der Waals surface area contributed by atoms with Crippen LogP contribution < -0.4 is 10.1 Å². The van der Waals surface area contributed by atoms with Gasteiger partial charge in [-0.1, -0.05) is 6.42 Å². The summed E-state index contributed by atoms with van der Waals surface area (Å²) in [6, 6.07) is 23.5. The molecule has 3 N–H and O–H groups in total. The van der Waals surface area contributed by atoms with E-state index < -0.39 is 0 Å². The molecule has 0 radical (unpaired) electrons. The summed E-state index contributed by atoms with van der Waals surface area (Å²) in [6.07, 6.45) is 3.90. The largest absolute Gasteiger partial charge is 0.508 e. The molecule has 0 aliphatic carbocycles. The number of phenols is 2. The quantitative estimate of drug-likeness (QED) is 0.291. The first kappa shape index (κ1) is 23.6. The van der Waals surface area contributed by atoms with Gasteiger partial charge in [0.15, 0.2) is 0 Å². The Morgan fingerprint density at radius 3 is 1.83 bits per heavy atom. The highest BCUT2D eigenvalue weighted by Crippen LogP contribution is 2.28. The highest BCUT2D eigenvalue weighted by atomic mass is 16.5. The first-order valence-corrected chi connectivity index (χ1v) is 12.3. The lowest BCUT2D eigenvalue weighted by Crippen LogP contribution is -2.33. The Morgan fingerprint density at radius 2 is 1.28 bits per heavy atom. The van der Waals surface area contributed by atoms with Crippen molar-refractivity contribution in [1.82, 2.24) is 14.9 Å². The summed E-state index contributed by atoms with van der Waals surface area (Å²) in [5, 5.41) is 22.6. The smallest absolute Gasteiger partial charge is 0.228 e. The lowest BCUT2D eigenvalue weighted by molar-refractivity contribution is 0.183. The van der Waals surface area contributed by atoms with E-state index in [0.29, 0.717) is 23.9 Å². The van der Waals surface area contributed by atoms with Gasteiger partial charge in [0.05, 0.1) is 11.4 Å². The molecular weight excluding hydrogens is 452 g/mol. The average Bonchev–Trinajstić information content (AvgIpc) is 2.91. The molecule has 0 atom stereocenters. The number of likely N-dealkylation sites (tertiary alicyclic amines) is 1. The Balaban J connectivity index is 1.32. The molecule has 1 fully saturated rings. The van der Waals surface area contributed by atoms with E-state index in [-0.39, 0.29) is 11.5 Å². The molecule has 3 aromatic carbocycles. The molecule has 2 heterocycles. The van der Waals surface area contributed by atoms with E-state index in [0.717, 1.165) is 29.1 Å². The van der Waals surface area contributed by atoms with Crippen LogP contribution in [0.1, 0.15) is 19.3 Å². The first-order valence-electron chi connectivity index (χ1n) is 12.3. The number of hydrogen-bond acceptors (Lipinski definition) is 7. The van der Waals surface area contributed by atoms with Gasteiger partial charge < -0.3 is 20.3 Å². The standard InChI is InChI=1S/C29H30N4O3/c34-24-10-4-21(5-11-24)27-20-28(22-6-12-25(35)13-7-22)32-29(31-27)30-23-8-14-26(15-9-23)36-19-18-33-16-2-1-3-17-33/h4-15,20,34-35H,1-3,16-19H2,(H,30,31,32). The van der Waals surface area contributed by atoms with Crippen LogP contribution in [0.25, 0.3) is 22.5 Å². The number of rotatable bonds is 8. The van der Waals surface area contributed by atoms with Gasteiger partial charge >= 0.3 is 0 Å². The number of aromatic hydroxyl groups is 2. The zero-order valence-electron chi connectivity index (χ0n) is 20.1. The van der Waals surface area contributed by atoms with Crippen molar-refractivity contribution in [1.29, 1.82) is 0 Å². The number of nitrogens with zero attached hydrogens (tertiary/aromatic N) is 3. The average molecular weight is 483 g/mol. The second kappa shape index (κ2) is 11.1. The number of benzene rings is 3. The zero-order chi connectivity index (χ0) is 24.7. The van der Waals surface area contributed by atoms with Crippen molar-refractivity contribution >= 4 is 11.6 Å². The summed E-state index contributed by atoms with van der Waals surface area (Å²) < 4.78 is 5.95. The second-order valence-electron chi connectivity index (χ2n) is 8.96. The van der Waals surface area contributed by atoms with Gasteiger partial charge in [0.1, 0.15) is 23.9 Å². The van der Waals surface area contributed by atoms with Crippen LogP contribution in [-0.4, -0.2) is 51.3 Å². The van der Waals surface area contributed by atoms with Gasteiger partial charge in [0.25, 0.3) is 0 Å². The lowest BCUT2D eigenvalue weighted by atomic mass is 10.1. The molecule has 1 saturated heterocycles. The summed E-state index contributed by atoms with van der Waals surface area (Å²) in [5.41, 5.74) is 3.99. The maximum absolute atomic E-state index is 9.67. The third-order valence-corrected chi connectivity index (χ3v) is 6.29. The molecule has 1 aliphatic heterocycles. The number of ether oxygens (including phenoxy) is 1. The molecule has 0 spiro atoms. The van der Waals surface area contributed by atoms with Gasteiger partial charge in [0.2, 0.25) is 5.95 Å². The maximum atomic E-state index is 9.67. The molecule has 0 amide bonds. The monoisotopic (exact) mass is 482 g/mol. The molecule has 7 nitrogen and oxygen atoms in total. The van der Waals surface area contributed by atoms with Crippen LogP contribution in [-0.2, 0) is 0 Å². The fourth-order valence-electron chi connectivity index (χ4n) is 4.30. The van der Waals surface area contributed by atoms with Crippen LogP contribution in [0.2, 0.25) is 0 Å². The summed E-state index contributed by atoms with van der Waals surface area (Å²) >= 11 is 0. The van der Waals surface area contributed by atoms with Gasteiger partial charge in [-0.15, -0.1) is 0 Å². The highest BCUT2D eigenvalue weighted by molar-refractivity contribution is 5.71. The van der Waals surface area contributed by atoms with Crippen LogP contribution in [0.15, 0.2) is 78.9 Å². The summed E-state index contributed by atoms with van der Waals surface area (Å²) in [4.78, 5) is 11.9. The number of phenolic OH excluding ortho intramolecular Hbond substituents is 2. The van der Waals surface area contributed by atoms with Gasteiger partial charge in [0, 0.05) is 23.4 Å². The second-order valence-corrected chi connectivity index (χ2v) is 8.96. The molecule has 1 aromatic heterocycles. The predicted octanol–water partition coefficient (Wildman–Crippen LogP) is 5.83. The molecule has 7 heteroatoms. The SMILES string of the molecule is Oc1ccc(-c2cc(-c3ccc(O)cc3)nc(Nc3ccc(OCCN4CCCCC4)cc3)n2)cc1. The highest BCUT2D eigenvalue weighted by Gasteiger charge is 2.11. The van der Waals surface area contributed by atoms with Crippen LogP contribution in [0.5, 0.6) is 17.2 Å². The zero-order valence-corrected chi connectivity index (χ0v) is 20.1. The van der Waals surface area contributed by atoms with Gasteiger partial charge in [-0.25, -0.2) is 9.97 Å². The molecule has 0 bridgehead atoms. The van der Waals surface area contributed by atoms with E-state index in [9.17, 15) is 10.2 Å². The predicted molar refractivity (Wildman–Crippen MR) is 142 cm³/mol. The molecule has 36 heavy (non-hydrogen) atoms. The van der Waals surface area contributed by atoms with E-state index in [2.05, 4.69) is 10.2 Å². The number of piperidine rings is 1. The maximum Gasteiger partial charge on any atom is 0.228 e. The Morgan fingerprint density at radius 1 is 0.722 bits per heavy atom. The fourth-order valence-corrected chi connectivity index (χ4v) is 4.30. The van der Waals surface area contributed by atoms with Gasteiger partial charge in [-0.2, -0.15) is 0 Å². The fraction of sp³-hybridized carbons (Fsp3) is 0.241. The third kappa shape index (κ3) is 6.12. The third-order valence-electron chi connectivity index (χ3n) is 6.29. The normalized spacial score (nSPS) is 13.9. The van der Waals surface area contributed by atoms with E-state index >= 15 is 0 Å². The van der Waals surface area contributed by atoms with Crippen LogP contribution in [0.3, 0.4) is 0 Å². The molecular formula is C29H30N4O3. The molecule has 184 valence electrons. The van der Waals surface area contributed by atoms with Gasteiger partial charge in [-0.05, 0) is 105 Å². The van der Waals surface area contributed by atoms with Crippen molar-refractivity contribution in [3.05, 3.63) is 78.9 Å². The minimum atomic E-state index is 0.197. The number of nitrogens with one attached hydrogen (secondary N) is 1. The Hall–Kier alpha value is -4.10.